The van der Waals surface area contributed by atoms with Crippen LogP contribution < -0.4 is 0 Å². The van der Waals surface area contributed by atoms with Crippen molar-refractivity contribution in [3.8, 4) is 0 Å². The smallest absolute Gasteiger partial charge is 0.296 e. The van der Waals surface area contributed by atoms with Gasteiger partial charge in [-0.3, -0.25) is 14.6 Å². The van der Waals surface area contributed by atoms with Crippen LogP contribution in [0.25, 0.3) is 5.76 Å². The van der Waals surface area contributed by atoms with Crippen LogP contribution in [-0.4, -0.2) is 26.7 Å². The van der Waals surface area contributed by atoms with Crippen molar-refractivity contribution in [1.29, 1.82) is 0 Å². The number of hydrogen-bond donors (Lipinski definition) is 1. The number of carbonyl (C=O) groups excluding carboxylic acids is 2. The van der Waals surface area contributed by atoms with E-state index in [4.69, 9.17) is 11.6 Å². The van der Waals surface area contributed by atoms with Gasteiger partial charge in [-0.05, 0) is 54.4 Å². The molecule has 0 spiro atoms. The first-order valence-corrected chi connectivity index (χ1v) is 9.85. The molecule has 2 aromatic carbocycles. The van der Waals surface area contributed by atoms with Crippen molar-refractivity contribution in [2.24, 2.45) is 0 Å². The van der Waals surface area contributed by atoms with Gasteiger partial charge in [0.25, 0.3) is 11.7 Å². The molecular formula is C24H19ClN2O3. The van der Waals surface area contributed by atoms with Crippen LogP contribution in [0, 0.1) is 6.92 Å². The first-order valence-electron chi connectivity index (χ1n) is 9.47. The second-order valence-corrected chi connectivity index (χ2v) is 7.55. The van der Waals surface area contributed by atoms with Gasteiger partial charge in [-0.15, -0.1) is 0 Å². The average Bonchev–Trinajstić information content (AvgIpc) is 3.00. The van der Waals surface area contributed by atoms with Crippen LogP contribution in [0.15, 0.2) is 78.5 Å². The molecule has 0 saturated carbocycles. The first kappa shape index (κ1) is 19.9. The van der Waals surface area contributed by atoms with Gasteiger partial charge in [-0.2, -0.15) is 0 Å². The molecule has 1 unspecified atom stereocenters. The number of pyridine rings is 1. The van der Waals surface area contributed by atoms with E-state index in [1.54, 1.807) is 42.6 Å². The minimum atomic E-state index is -0.719. The summed E-state index contributed by atoms with van der Waals surface area (Å²) in [6.07, 6.45) is 1.64. The van der Waals surface area contributed by atoms with Crippen LogP contribution in [0.4, 0.5) is 0 Å². The predicted octanol–water partition coefficient (Wildman–Crippen LogP) is 4.67. The van der Waals surface area contributed by atoms with E-state index in [1.807, 2.05) is 37.3 Å². The number of aryl methyl sites for hydroxylation is 1. The molecule has 1 aromatic heterocycles. The zero-order valence-corrected chi connectivity index (χ0v) is 17.0. The summed E-state index contributed by atoms with van der Waals surface area (Å²) >= 11 is 5.95. The maximum Gasteiger partial charge on any atom is 0.296 e. The Kier molecular flexibility index (Phi) is 5.38. The summed E-state index contributed by atoms with van der Waals surface area (Å²) < 4.78 is 0. The Labute approximate surface area is 179 Å². The summed E-state index contributed by atoms with van der Waals surface area (Å²) in [5.74, 6) is -1.60. The number of rotatable bonds is 4. The molecule has 1 amide bonds. The molecule has 1 aliphatic heterocycles. The van der Waals surface area contributed by atoms with Crippen LogP contribution in [0.3, 0.4) is 0 Å². The number of aliphatic hydroxyl groups is 1. The Morgan fingerprint density at radius 1 is 1.03 bits per heavy atom. The largest absolute Gasteiger partial charge is 0.507 e. The number of carbonyl (C=O) groups is 2. The molecule has 0 aliphatic carbocycles. The Bertz CT molecular complexity index is 1140. The van der Waals surface area contributed by atoms with Gasteiger partial charge in [0.05, 0.1) is 23.9 Å². The lowest BCUT2D eigenvalue weighted by Gasteiger charge is -2.26. The highest BCUT2D eigenvalue weighted by atomic mass is 35.5. The molecule has 0 bridgehead atoms. The van der Waals surface area contributed by atoms with E-state index in [0.29, 0.717) is 16.3 Å². The Hall–Kier alpha value is -3.44. The molecule has 5 nitrogen and oxygen atoms in total. The molecule has 1 aliphatic rings. The highest BCUT2D eigenvalue weighted by Gasteiger charge is 2.46. The maximum atomic E-state index is 13.0. The standard InChI is InChI=1S/C24H19ClN2O3/c1-15-6-2-3-8-19(15)21-20(22(28)16-9-11-17(25)12-10-16)23(29)24(30)27(21)14-18-7-4-5-13-26-18/h2-13,21,28H,14H2,1H3/b22-20+. The van der Waals surface area contributed by atoms with Crippen LogP contribution in [-0.2, 0) is 16.1 Å². The quantitative estimate of drug-likeness (QED) is 0.380. The summed E-state index contributed by atoms with van der Waals surface area (Å²) in [6, 6.07) is 18.7. The van der Waals surface area contributed by atoms with Crippen LogP contribution in [0.1, 0.15) is 28.4 Å². The minimum absolute atomic E-state index is 0.0625. The lowest BCUT2D eigenvalue weighted by atomic mass is 9.92. The van der Waals surface area contributed by atoms with Crippen molar-refractivity contribution in [3.05, 3.63) is 106 Å². The lowest BCUT2D eigenvalue weighted by molar-refractivity contribution is -0.140. The van der Waals surface area contributed by atoms with Gasteiger partial charge in [0, 0.05) is 16.8 Å². The second-order valence-electron chi connectivity index (χ2n) is 7.11. The number of hydrogen-bond acceptors (Lipinski definition) is 4. The van der Waals surface area contributed by atoms with Crippen molar-refractivity contribution in [2.45, 2.75) is 19.5 Å². The first-order chi connectivity index (χ1) is 14.5. The van der Waals surface area contributed by atoms with Crippen molar-refractivity contribution >= 4 is 29.1 Å². The van der Waals surface area contributed by atoms with Crippen LogP contribution in [0.5, 0.6) is 0 Å². The molecule has 1 atom stereocenters. The summed E-state index contributed by atoms with van der Waals surface area (Å²) in [5.41, 5.74) is 2.84. The number of aliphatic hydroxyl groups excluding tert-OH is 1. The molecule has 3 aromatic rings. The van der Waals surface area contributed by atoms with Crippen LogP contribution in [0.2, 0.25) is 5.02 Å². The third-order valence-corrected chi connectivity index (χ3v) is 5.45. The molecular weight excluding hydrogens is 400 g/mol. The number of halogens is 1. The van der Waals surface area contributed by atoms with E-state index in [2.05, 4.69) is 4.98 Å². The molecule has 30 heavy (non-hydrogen) atoms. The molecule has 1 saturated heterocycles. The fourth-order valence-corrected chi connectivity index (χ4v) is 3.82. The summed E-state index contributed by atoms with van der Waals surface area (Å²) in [7, 11) is 0. The fraction of sp³-hybridized carbons (Fsp3) is 0.125. The number of amides is 1. The van der Waals surface area contributed by atoms with E-state index in [9.17, 15) is 14.7 Å². The van der Waals surface area contributed by atoms with Gasteiger partial charge >= 0.3 is 0 Å². The van der Waals surface area contributed by atoms with Crippen molar-refractivity contribution in [1.82, 2.24) is 9.88 Å². The number of ketones is 1. The zero-order chi connectivity index (χ0) is 21.3. The summed E-state index contributed by atoms with van der Waals surface area (Å²) in [6.45, 7) is 2.07. The second kappa shape index (κ2) is 8.13. The van der Waals surface area contributed by atoms with E-state index in [1.165, 1.54) is 4.90 Å². The Morgan fingerprint density at radius 2 is 1.73 bits per heavy atom. The SMILES string of the molecule is Cc1ccccc1C1/C(=C(\O)c2ccc(Cl)cc2)C(=O)C(=O)N1Cc1ccccn1. The lowest BCUT2D eigenvalue weighted by Crippen LogP contribution is -2.29. The number of aromatic nitrogens is 1. The fourth-order valence-electron chi connectivity index (χ4n) is 3.69. The average molecular weight is 419 g/mol. The Morgan fingerprint density at radius 3 is 2.40 bits per heavy atom. The van der Waals surface area contributed by atoms with E-state index >= 15 is 0 Å². The highest BCUT2D eigenvalue weighted by Crippen LogP contribution is 2.41. The number of likely N-dealkylation sites (tertiary alicyclic amines) is 1. The highest BCUT2D eigenvalue weighted by molar-refractivity contribution is 6.46. The van der Waals surface area contributed by atoms with Crippen molar-refractivity contribution < 1.29 is 14.7 Å². The molecule has 150 valence electrons. The number of nitrogens with zero attached hydrogens (tertiary/aromatic N) is 2. The third kappa shape index (κ3) is 3.60. The number of benzene rings is 2. The zero-order valence-electron chi connectivity index (χ0n) is 16.2. The van der Waals surface area contributed by atoms with Crippen LogP contribution >= 0.6 is 11.6 Å². The minimum Gasteiger partial charge on any atom is -0.507 e. The van der Waals surface area contributed by atoms with Gasteiger partial charge in [0.2, 0.25) is 0 Å². The molecule has 1 fully saturated rings. The van der Waals surface area contributed by atoms with E-state index in [0.717, 1.165) is 11.1 Å². The predicted molar refractivity (Wildman–Crippen MR) is 115 cm³/mol. The normalized spacial score (nSPS) is 18.1. The van der Waals surface area contributed by atoms with Crippen molar-refractivity contribution in [2.75, 3.05) is 0 Å². The van der Waals surface area contributed by atoms with E-state index in [-0.39, 0.29) is 17.9 Å². The van der Waals surface area contributed by atoms with Gasteiger partial charge in [0.1, 0.15) is 5.76 Å². The molecule has 2 heterocycles. The summed E-state index contributed by atoms with van der Waals surface area (Å²) in [5, 5.41) is 11.5. The molecule has 1 N–H and O–H groups in total. The maximum absolute atomic E-state index is 13.0. The van der Waals surface area contributed by atoms with Gasteiger partial charge in [0.15, 0.2) is 0 Å². The molecule has 6 heteroatoms. The van der Waals surface area contributed by atoms with Gasteiger partial charge < -0.3 is 10.0 Å². The molecule has 4 rings (SSSR count). The monoisotopic (exact) mass is 418 g/mol. The summed E-state index contributed by atoms with van der Waals surface area (Å²) in [4.78, 5) is 31.8. The third-order valence-electron chi connectivity index (χ3n) is 5.20. The topological polar surface area (TPSA) is 70.5 Å². The van der Waals surface area contributed by atoms with Gasteiger partial charge in [-0.1, -0.05) is 41.9 Å². The Balaban J connectivity index is 1.88. The van der Waals surface area contributed by atoms with Gasteiger partial charge in [-0.25, -0.2) is 0 Å². The van der Waals surface area contributed by atoms with E-state index < -0.39 is 17.7 Å². The molecule has 0 radical (unpaired) electrons. The van der Waals surface area contributed by atoms with Crippen molar-refractivity contribution in [3.63, 3.8) is 0 Å². The number of Topliss-reactive ketones (excluding diaryl/α,β-unsaturated/α-hetero) is 1.